The Morgan fingerprint density at radius 1 is 0.742 bits per heavy atom. The highest BCUT2D eigenvalue weighted by Crippen LogP contribution is 2.26. The number of carbonyl (C=O) groups excluding carboxylic acids is 1. The zero-order valence-electron chi connectivity index (χ0n) is 17.2. The van der Waals surface area contributed by atoms with Crippen molar-refractivity contribution in [1.29, 1.82) is 0 Å². The van der Waals surface area contributed by atoms with Crippen LogP contribution in [-0.4, -0.2) is 30.3 Å². The number of carbonyl (C=O) groups is 1. The van der Waals surface area contributed by atoms with Crippen LogP contribution in [0, 0.1) is 0 Å². The van der Waals surface area contributed by atoms with Gasteiger partial charge in [-0.05, 0) is 59.2 Å². The first kappa shape index (κ1) is 21.5. The zero-order valence-corrected chi connectivity index (χ0v) is 17.2. The van der Waals surface area contributed by atoms with Crippen molar-refractivity contribution < 1.29 is 24.5 Å². The molecule has 3 N–H and O–H groups in total. The molecule has 0 aliphatic rings. The zero-order chi connectivity index (χ0) is 22.2. The molecule has 0 bridgehead atoms. The lowest BCUT2D eigenvalue weighted by atomic mass is 10.1. The molecule has 6 nitrogen and oxygen atoms in total. The van der Waals surface area contributed by atoms with E-state index in [1.165, 1.54) is 18.2 Å². The van der Waals surface area contributed by atoms with Crippen LogP contribution in [0.2, 0.25) is 0 Å². The largest absolute Gasteiger partial charge is 0.504 e. The van der Waals surface area contributed by atoms with Gasteiger partial charge in [0, 0.05) is 17.8 Å². The molecule has 3 aromatic rings. The summed E-state index contributed by atoms with van der Waals surface area (Å²) in [5, 5.41) is 21.6. The molecule has 3 aromatic carbocycles. The summed E-state index contributed by atoms with van der Waals surface area (Å²) in [6.45, 7) is 0. The second-order valence-corrected chi connectivity index (χ2v) is 6.67. The molecule has 1 amide bonds. The molecule has 0 spiro atoms. The summed E-state index contributed by atoms with van der Waals surface area (Å²) in [5.41, 5.74) is 3.16. The Bertz CT molecular complexity index is 1100. The van der Waals surface area contributed by atoms with Gasteiger partial charge in [0.15, 0.2) is 11.5 Å². The Balaban J connectivity index is 1.62. The van der Waals surface area contributed by atoms with E-state index < -0.39 is 0 Å². The van der Waals surface area contributed by atoms with Crippen molar-refractivity contribution in [3.8, 4) is 23.0 Å². The van der Waals surface area contributed by atoms with Crippen molar-refractivity contribution in [2.24, 2.45) is 0 Å². The summed E-state index contributed by atoms with van der Waals surface area (Å²) in [4.78, 5) is 12.1. The van der Waals surface area contributed by atoms with E-state index in [2.05, 4.69) is 5.32 Å². The van der Waals surface area contributed by atoms with Crippen molar-refractivity contribution in [3.63, 3.8) is 0 Å². The van der Waals surface area contributed by atoms with Gasteiger partial charge in [-0.25, -0.2) is 0 Å². The van der Waals surface area contributed by atoms with Gasteiger partial charge in [-0.3, -0.25) is 4.79 Å². The van der Waals surface area contributed by atoms with Crippen molar-refractivity contribution >= 4 is 29.8 Å². The normalized spacial score (nSPS) is 11.0. The summed E-state index contributed by atoms with van der Waals surface area (Å²) >= 11 is 0. The number of hydrogen-bond donors (Lipinski definition) is 3. The monoisotopic (exact) mass is 417 g/mol. The molecule has 0 saturated carbocycles. The van der Waals surface area contributed by atoms with Crippen LogP contribution < -0.4 is 14.8 Å². The van der Waals surface area contributed by atoms with E-state index in [9.17, 15) is 15.0 Å². The molecule has 158 valence electrons. The molecule has 0 aromatic heterocycles. The average Bonchev–Trinajstić information content (AvgIpc) is 2.79. The molecule has 31 heavy (non-hydrogen) atoms. The van der Waals surface area contributed by atoms with Gasteiger partial charge in [-0.2, -0.15) is 0 Å². The highest BCUT2D eigenvalue weighted by Gasteiger charge is 2.02. The second kappa shape index (κ2) is 10.0. The predicted molar refractivity (Wildman–Crippen MR) is 122 cm³/mol. The fraction of sp³-hybridized carbons (Fsp3) is 0.0800. The number of hydrogen-bond acceptors (Lipinski definition) is 5. The van der Waals surface area contributed by atoms with Gasteiger partial charge in [0.25, 0.3) is 0 Å². The fourth-order valence-electron chi connectivity index (χ4n) is 2.80. The number of aromatic hydroxyl groups is 2. The second-order valence-electron chi connectivity index (χ2n) is 6.67. The van der Waals surface area contributed by atoms with Gasteiger partial charge < -0.3 is 25.0 Å². The van der Waals surface area contributed by atoms with Gasteiger partial charge in [0.1, 0.15) is 11.5 Å². The van der Waals surface area contributed by atoms with Crippen LogP contribution in [0.15, 0.2) is 66.7 Å². The maximum absolute atomic E-state index is 12.1. The molecule has 0 atom stereocenters. The standard InChI is InChI=1S/C25H23NO5/c1-30-21-13-19(14-22(16-21)31-2)4-3-17-5-9-20(10-6-17)26-25(29)12-8-18-7-11-23(27)24(28)15-18/h3-16,27-28H,1-2H3,(H,26,29)/b4-3+,12-8+. The summed E-state index contributed by atoms with van der Waals surface area (Å²) in [7, 11) is 3.22. The highest BCUT2D eigenvalue weighted by atomic mass is 16.5. The van der Waals surface area contributed by atoms with Gasteiger partial charge in [-0.1, -0.05) is 30.4 Å². The first-order chi connectivity index (χ1) is 15.0. The van der Waals surface area contributed by atoms with Crippen molar-refractivity contribution in [3.05, 3.63) is 83.4 Å². The van der Waals surface area contributed by atoms with Gasteiger partial charge in [0.2, 0.25) is 5.91 Å². The maximum Gasteiger partial charge on any atom is 0.248 e. The highest BCUT2D eigenvalue weighted by molar-refractivity contribution is 6.02. The molecule has 0 heterocycles. The van der Waals surface area contributed by atoms with E-state index in [0.29, 0.717) is 22.7 Å². The van der Waals surface area contributed by atoms with Crippen LogP contribution in [0.1, 0.15) is 16.7 Å². The number of anilines is 1. The van der Waals surface area contributed by atoms with Crippen LogP contribution in [0.3, 0.4) is 0 Å². The molecule has 0 unspecified atom stereocenters. The van der Waals surface area contributed by atoms with Crippen LogP contribution in [0.4, 0.5) is 5.69 Å². The Morgan fingerprint density at radius 3 is 1.97 bits per heavy atom. The Kier molecular flexibility index (Phi) is 6.96. The molecule has 6 heteroatoms. The van der Waals surface area contributed by atoms with E-state index in [1.54, 1.807) is 26.4 Å². The Hall–Kier alpha value is -4.19. The topological polar surface area (TPSA) is 88.0 Å². The first-order valence-electron chi connectivity index (χ1n) is 9.49. The number of benzene rings is 3. The lowest BCUT2D eigenvalue weighted by molar-refractivity contribution is -0.111. The van der Waals surface area contributed by atoms with Crippen LogP contribution in [-0.2, 0) is 4.79 Å². The molecule has 0 saturated heterocycles. The first-order valence-corrected chi connectivity index (χ1v) is 9.49. The molecule has 0 fully saturated rings. The van der Waals surface area contributed by atoms with Crippen LogP contribution >= 0.6 is 0 Å². The van der Waals surface area contributed by atoms with Gasteiger partial charge in [0.05, 0.1) is 14.2 Å². The number of phenolic OH excluding ortho intramolecular Hbond substituents is 2. The summed E-state index contributed by atoms with van der Waals surface area (Å²) < 4.78 is 10.6. The molecule has 0 aliphatic carbocycles. The van der Waals surface area contributed by atoms with Crippen molar-refractivity contribution in [2.45, 2.75) is 0 Å². The quantitative estimate of drug-likeness (QED) is 0.288. The number of amides is 1. The van der Waals surface area contributed by atoms with Crippen molar-refractivity contribution in [2.75, 3.05) is 19.5 Å². The third-order valence-electron chi connectivity index (χ3n) is 4.45. The van der Waals surface area contributed by atoms with E-state index in [0.717, 1.165) is 11.1 Å². The minimum atomic E-state index is -0.306. The minimum Gasteiger partial charge on any atom is -0.504 e. The van der Waals surface area contributed by atoms with E-state index in [1.807, 2.05) is 54.6 Å². The van der Waals surface area contributed by atoms with Gasteiger partial charge in [-0.15, -0.1) is 0 Å². The molecular weight excluding hydrogens is 394 g/mol. The lowest BCUT2D eigenvalue weighted by Crippen LogP contribution is -2.07. The van der Waals surface area contributed by atoms with E-state index in [4.69, 9.17) is 9.47 Å². The van der Waals surface area contributed by atoms with Gasteiger partial charge >= 0.3 is 0 Å². The molecule has 3 rings (SSSR count). The molecular formula is C25H23NO5. The summed E-state index contributed by atoms with van der Waals surface area (Å²) in [5.74, 6) is 0.680. The predicted octanol–water partition coefficient (Wildman–Crippen LogP) is 4.94. The van der Waals surface area contributed by atoms with E-state index >= 15 is 0 Å². The van der Waals surface area contributed by atoms with E-state index in [-0.39, 0.29) is 17.4 Å². The number of phenols is 2. The van der Waals surface area contributed by atoms with Crippen LogP contribution in [0.5, 0.6) is 23.0 Å². The molecule has 0 radical (unpaired) electrons. The number of methoxy groups -OCH3 is 2. The smallest absolute Gasteiger partial charge is 0.248 e. The third kappa shape index (κ3) is 6.14. The SMILES string of the molecule is COc1cc(/C=C/c2ccc(NC(=O)/C=C/c3ccc(O)c(O)c3)cc2)cc(OC)c1. The van der Waals surface area contributed by atoms with Crippen LogP contribution in [0.25, 0.3) is 18.2 Å². The fourth-order valence-corrected chi connectivity index (χ4v) is 2.80. The maximum atomic E-state index is 12.1. The third-order valence-corrected chi connectivity index (χ3v) is 4.45. The number of ether oxygens (including phenoxy) is 2. The summed E-state index contributed by atoms with van der Waals surface area (Å²) in [6, 6.07) is 17.4. The minimum absolute atomic E-state index is 0.207. The summed E-state index contributed by atoms with van der Waals surface area (Å²) in [6.07, 6.45) is 6.81. The van der Waals surface area contributed by atoms with Crippen molar-refractivity contribution in [1.82, 2.24) is 0 Å². The Labute approximate surface area is 180 Å². The lowest BCUT2D eigenvalue weighted by Gasteiger charge is -2.06. The number of nitrogens with one attached hydrogen (secondary N) is 1. The number of rotatable bonds is 7. The average molecular weight is 417 g/mol. The Morgan fingerprint density at radius 2 is 1.35 bits per heavy atom. The molecule has 0 aliphatic heterocycles.